The van der Waals surface area contributed by atoms with Crippen LogP contribution in [0.15, 0.2) is 12.3 Å². The van der Waals surface area contributed by atoms with Gasteiger partial charge >= 0.3 is 5.97 Å². The van der Waals surface area contributed by atoms with Crippen molar-refractivity contribution in [1.29, 1.82) is 0 Å². The summed E-state index contributed by atoms with van der Waals surface area (Å²) in [5.74, 6) is -0.648. The molecule has 1 unspecified atom stereocenters. The number of carboxylic acid groups (broad SMARTS) is 1. The van der Waals surface area contributed by atoms with Crippen molar-refractivity contribution in [2.75, 3.05) is 24.2 Å². The Kier molecular flexibility index (Phi) is 3.43. The van der Waals surface area contributed by atoms with Gasteiger partial charge in [-0.05, 0) is 18.9 Å². The van der Waals surface area contributed by atoms with E-state index in [0.717, 1.165) is 19.4 Å². The third kappa shape index (κ3) is 2.65. The number of ether oxygens (including phenoxy) is 1. The monoisotopic (exact) mass is 237 g/mol. The number of aromatic carboxylic acids is 1. The number of anilines is 2. The van der Waals surface area contributed by atoms with Gasteiger partial charge in [-0.15, -0.1) is 0 Å². The summed E-state index contributed by atoms with van der Waals surface area (Å²) in [5.41, 5.74) is 5.95. The molecule has 1 aliphatic rings. The molecule has 1 aromatic rings. The topological polar surface area (TPSA) is 97.5 Å². The Bertz CT molecular complexity index is 416. The van der Waals surface area contributed by atoms with Crippen LogP contribution in [0, 0.1) is 0 Å². The van der Waals surface area contributed by atoms with Gasteiger partial charge in [-0.25, -0.2) is 9.78 Å². The van der Waals surface area contributed by atoms with Crippen LogP contribution in [0.2, 0.25) is 0 Å². The number of pyridine rings is 1. The maximum absolute atomic E-state index is 10.9. The number of aromatic nitrogens is 1. The van der Waals surface area contributed by atoms with E-state index >= 15 is 0 Å². The maximum Gasteiger partial charge on any atom is 0.337 e. The highest BCUT2D eigenvalue weighted by molar-refractivity contribution is 5.96. The lowest BCUT2D eigenvalue weighted by Crippen LogP contribution is -2.20. The summed E-state index contributed by atoms with van der Waals surface area (Å²) in [7, 11) is 0. The number of nitrogens with zero attached hydrogens (tertiary/aromatic N) is 1. The van der Waals surface area contributed by atoms with Gasteiger partial charge < -0.3 is 20.9 Å². The third-order valence-corrected chi connectivity index (χ3v) is 2.74. The molecule has 1 saturated heterocycles. The normalized spacial score (nSPS) is 19.2. The van der Waals surface area contributed by atoms with E-state index in [1.165, 1.54) is 12.3 Å². The predicted molar refractivity (Wildman–Crippen MR) is 63.1 cm³/mol. The van der Waals surface area contributed by atoms with Gasteiger partial charge in [-0.3, -0.25) is 0 Å². The molecule has 0 saturated carbocycles. The Hall–Kier alpha value is -1.82. The Labute approximate surface area is 98.8 Å². The molecule has 1 aromatic heterocycles. The van der Waals surface area contributed by atoms with E-state index in [1.54, 1.807) is 0 Å². The van der Waals surface area contributed by atoms with Crippen molar-refractivity contribution < 1.29 is 14.6 Å². The molecule has 1 atom stereocenters. The van der Waals surface area contributed by atoms with E-state index < -0.39 is 5.97 Å². The fourth-order valence-electron chi connectivity index (χ4n) is 1.82. The highest BCUT2D eigenvalue weighted by atomic mass is 16.5. The average Bonchev–Trinajstić information content (AvgIpc) is 2.80. The second-order valence-electron chi connectivity index (χ2n) is 3.94. The molecule has 6 heteroatoms. The lowest BCUT2D eigenvalue weighted by atomic mass is 10.2. The van der Waals surface area contributed by atoms with Gasteiger partial charge in [0.15, 0.2) is 0 Å². The highest BCUT2D eigenvalue weighted by Gasteiger charge is 2.17. The zero-order valence-electron chi connectivity index (χ0n) is 9.35. The second-order valence-corrected chi connectivity index (χ2v) is 3.94. The summed E-state index contributed by atoms with van der Waals surface area (Å²) in [5, 5.41) is 11.9. The lowest BCUT2D eigenvalue weighted by Gasteiger charge is -2.13. The molecule has 0 aliphatic carbocycles. The fourth-order valence-corrected chi connectivity index (χ4v) is 1.82. The second kappa shape index (κ2) is 5.01. The van der Waals surface area contributed by atoms with Gasteiger partial charge in [0, 0.05) is 19.3 Å². The van der Waals surface area contributed by atoms with E-state index in [9.17, 15) is 4.79 Å². The zero-order chi connectivity index (χ0) is 12.3. The summed E-state index contributed by atoms with van der Waals surface area (Å²) in [6.45, 7) is 1.38. The minimum Gasteiger partial charge on any atom is -0.478 e. The first-order valence-electron chi connectivity index (χ1n) is 5.51. The van der Waals surface area contributed by atoms with Gasteiger partial charge in [0.1, 0.15) is 5.82 Å². The first-order chi connectivity index (χ1) is 8.18. The smallest absolute Gasteiger partial charge is 0.337 e. The minimum atomic E-state index is -1.05. The van der Waals surface area contributed by atoms with Crippen LogP contribution in [-0.4, -0.2) is 35.3 Å². The predicted octanol–water partition coefficient (Wildman–Crippen LogP) is 0.953. The van der Waals surface area contributed by atoms with E-state index in [0.29, 0.717) is 12.4 Å². The number of hydrogen-bond donors (Lipinski definition) is 3. The Morgan fingerprint density at radius 3 is 3.18 bits per heavy atom. The minimum absolute atomic E-state index is 0.0647. The molecule has 92 valence electrons. The largest absolute Gasteiger partial charge is 0.478 e. The van der Waals surface area contributed by atoms with Crippen molar-refractivity contribution in [2.24, 2.45) is 0 Å². The van der Waals surface area contributed by atoms with Crippen molar-refractivity contribution >= 4 is 17.5 Å². The molecule has 1 aliphatic heterocycles. The molecule has 0 radical (unpaired) electrons. The van der Waals surface area contributed by atoms with Crippen molar-refractivity contribution in [3.05, 3.63) is 17.8 Å². The molecule has 2 heterocycles. The van der Waals surface area contributed by atoms with Gasteiger partial charge in [0.05, 0.1) is 17.4 Å². The van der Waals surface area contributed by atoms with Crippen LogP contribution in [0.25, 0.3) is 0 Å². The quantitative estimate of drug-likeness (QED) is 0.721. The summed E-state index contributed by atoms with van der Waals surface area (Å²) < 4.78 is 5.44. The molecule has 0 spiro atoms. The number of nitrogen functional groups attached to an aromatic ring is 1. The lowest BCUT2D eigenvalue weighted by molar-refractivity contribution is 0.0698. The standard InChI is InChI=1S/C11H15N3O3/c12-9-8(11(15)16)3-4-13-10(9)14-6-7-2-1-5-17-7/h3-4,7H,1-2,5-6,12H2,(H,13,14)(H,15,16). The molecule has 0 amide bonds. The van der Waals surface area contributed by atoms with Gasteiger partial charge in [-0.1, -0.05) is 0 Å². The highest BCUT2D eigenvalue weighted by Crippen LogP contribution is 2.21. The molecule has 2 rings (SSSR count). The van der Waals surface area contributed by atoms with Crippen LogP contribution >= 0.6 is 0 Å². The number of nitrogens with two attached hydrogens (primary N) is 1. The van der Waals surface area contributed by atoms with E-state index in [-0.39, 0.29) is 17.4 Å². The summed E-state index contributed by atoms with van der Waals surface area (Å²) in [6.07, 6.45) is 3.65. The summed E-state index contributed by atoms with van der Waals surface area (Å²) in [6, 6.07) is 1.38. The average molecular weight is 237 g/mol. The molecule has 17 heavy (non-hydrogen) atoms. The van der Waals surface area contributed by atoms with E-state index in [1.807, 2.05) is 0 Å². The van der Waals surface area contributed by atoms with Crippen LogP contribution in [0.3, 0.4) is 0 Å². The van der Waals surface area contributed by atoms with Gasteiger partial charge in [-0.2, -0.15) is 0 Å². The molecular weight excluding hydrogens is 222 g/mol. The maximum atomic E-state index is 10.9. The van der Waals surface area contributed by atoms with Crippen molar-refractivity contribution in [2.45, 2.75) is 18.9 Å². The number of carboxylic acids is 1. The molecule has 0 aromatic carbocycles. The Morgan fingerprint density at radius 1 is 1.71 bits per heavy atom. The third-order valence-electron chi connectivity index (χ3n) is 2.74. The molecule has 4 N–H and O–H groups in total. The first kappa shape index (κ1) is 11.7. The number of hydrogen-bond acceptors (Lipinski definition) is 5. The summed E-state index contributed by atoms with van der Waals surface area (Å²) >= 11 is 0. The van der Waals surface area contributed by atoms with Gasteiger partial charge in [0.25, 0.3) is 0 Å². The number of nitrogens with one attached hydrogen (secondary N) is 1. The van der Waals surface area contributed by atoms with Gasteiger partial charge in [0.2, 0.25) is 0 Å². The molecular formula is C11H15N3O3. The molecule has 6 nitrogen and oxygen atoms in total. The van der Waals surface area contributed by atoms with Crippen molar-refractivity contribution in [3.63, 3.8) is 0 Å². The van der Waals surface area contributed by atoms with Crippen LogP contribution in [-0.2, 0) is 4.74 Å². The van der Waals surface area contributed by atoms with E-state index in [4.69, 9.17) is 15.6 Å². The van der Waals surface area contributed by atoms with Crippen molar-refractivity contribution in [1.82, 2.24) is 4.98 Å². The Balaban J connectivity index is 2.04. The fraction of sp³-hybridized carbons (Fsp3) is 0.455. The number of carbonyl (C=O) groups is 1. The Morgan fingerprint density at radius 2 is 2.53 bits per heavy atom. The van der Waals surface area contributed by atoms with E-state index in [2.05, 4.69) is 10.3 Å². The number of rotatable bonds is 4. The van der Waals surface area contributed by atoms with Crippen LogP contribution in [0.1, 0.15) is 23.2 Å². The van der Waals surface area contributed by atoms with Crippen LogP contribution in [0.4, 0.5) is 11.5 Å². The van der Waals surface area contributed by atoms with Crippen molar-refractivity contribution in [3.8, 4) is 0 Å². The molecule has 1 fully saturated rings. The summed E-state index contributed by atoms with van der Waals surface area (Å²) in [4.78, 5) is 14.9. The first-order valence-corrected chi connectivity index (χ1v) is 5.51. The van der Waals surface area contributed by atoms with Crippen LogP contribution < -0.4 is 11.1 Å². The SMILES string of the molecule is Nc1c(C(=O)O)ccnc1NCC1CCCO1. The molecule has 0 bridgehead atoms. The van der Waals surface area contributed by atoms with Crippen LogP contribution in [0.5, 0.6) is 0 Å². The zero-order valence-corrected chi connectivity index (χ0v) is 9.35.